The van der Waals surface area contributed by atoms with Gasteiger partial charge in [-0.2, -0.15) is 11.3 Å². The van der Waals surface area contributed by atoms with Gasteiger partial charge in [-0.25, -0.2) is 0 Å². The predicted molar refractivity (Wildman–Crippen MR) is 68.8 cm³/mol. The van der Waals surface area contributed by atoms with Crippen LogP contribution in [0.4, 0.5) is 0 Å². The second-order valence-electron chi connectivity index (χ2n) is 3.33. The maximum Gasteiger partial charge on any atom is 0.168 e. The maximum atomic E-state index is 11.9. The molecule has 0 atom stereocenters. The largest absolute Gasteiger partial charge is 0.294 e. The van der Waals surface area contributed by atoms with E-state index in [9.17, 15) is 4.79 Å². The summed E-state index contributed by atoms with van der Waals surface area (Å²) in [4.78, 5) is 11.9. The number of Topliss-reactive ketones (excluding diaryl/α,β-unsaturated/α-hetero) is 1. The fraction of sp³-hybridized carbons (Fsp3) is 0.0833. The van der Waals surface area contributed by atoms with Gasteiger partial charge in [-0.05, 0) is 34.5 Å². The molecule has 0 aliphatic rings. The van der Waals surface area contributed by atoms with Crippen molar-refractivity contribution in [3.63, 3.8) is 0 Å². The van der Waals surface area contributed by atoms with Gasteiger partial charge in [0.1, 0.15) is 0 Å². The van der Waals surface area contributed by atoms with Crippen LogP contribution in [0, 0.1) is 0 Å². The number of hydrogen-bond donors (Lipinski definition) is 0. The molecule has 1 heterocycles. The minimum atomic E-state index is -0.00843. The van der Waals surface area contributed by atoms with E-state index in [0.29, 0.717) is 22.0 Å². The standard InChI is InChI=1S/C12H8Cl2OS/c13-10-3-1-2-9(12(10)14)11(15)6-8-4-5-16-7-8/h1-5,7H,6H2. The van der Waals surface area contributed by atoms with Gasteiger partial charge in [0, 0.05) is 12.0 Å². The quantitative estimate of drug-likeness (QED) is 0.752. The van der Waals surface area contributed by atoms with E-state index in [2.05, 4.69) is 0 Å². The van der Waals surface area contributed by atoms with Gasteiger partial charge in [-0.1, -0.05) is 29.3 Å². The molecule has 0 amide bonds. The molecule has 0 radical (unpaired) electrons. The summed E-state index contributed by atoms with van der Waals surface area (Å²) in [7, 11) is 0. The fourth-order valence-electron chi connectivity index (χ4n) is 1.39. The number of carbonyl (C=O) groups is 1. The lowest BCUT2D eigenvalue weighted by Gasteiger charge is -2.03. The number of ketones is 1. The van der Waals surface area contributed by atoms with E-state index in [1.54, 1.807) is 29.5 Å². The monoisotopic (exact) mass is 270 g/mol. The number of hydrogen-bond acceptors (Lipinski definition) is 2. The highest BCUT2D eigenvalue weighted by molar-refractivity contribution is 7.08. The fourth-order valence-corrected chi connectivity index (χ4v) is 2.47. The van der Waals surface area contributed by atoms with Crippen LogP contribution in [0.3, 0.4) is 0 Å². The second kappa shape index (κ2) is 5.00. The Balaban J connectivity index is 2.24. The van der Waals surface area contributed by atoms with Gasteiger partial charge >= 0.3 is 0 Å². The molecule has 2 rings (SSSR count). The van der Waals surface area contributed by atoms with E-state index in [1.807, 2.05) is 16.8 Å². The van der Waals surface area contributed by atoms with E-state index in [-0.39, 0.29) is 5.78 Å². The smallest absolute Gasteiger partial charge is 0.168 e. The Labute approximate surface area is 108 Å². The number of thiophene rings is 1. The molecule has 2 aromatic rings. The Hall–Kier alpha value is -0.830. The lowest BCUT2D eigenvalue weighted by atomic mass is 10.1. The van der Waals surface area contributed by atoms with Crippen LogP contribution in [0.1, 0.15) is 15.9 Å². The first-order chi connectivity index (χ1) is 7.68. The molecule has 0 spiro atoms. The Bertz CT molecular complexity index is 506. The van der Waals surface area contributed by atoms with Crippen LogP contribution in [0.15, 0.2) is 35.0 Å². The molecular weight excluding hydrogens is 263 g/mol. The molecule has 16 heavy (non-hydrogen) atoms. The van der Waals surface area contributed by atoms with Crippen molar-refractivity contribution in [2.75, 3.05) is 0 Å². The summed E-state index contributed by atoms with van der Waals surface area (Å²) in [5, 5.41) is 4.65. The summed E-state index contributed by atoms with van der Waals surface area (Å²) in [6.07, 6.45) is 0.365. The summed E-state index contributed by atoms with van der Waals surface area (Å²) in [6, 6.07) is 7.03. The number of carbonyl (C=O) groups excluding carboxylic acids is 1. The van der Waals surface area contributed by atoms with Crippen molar-refractivity contribution in [2.45, 2.75) is 6.42 Å². The van der Waals surface area contributed by atoms with Crippen molar-refractivity contribution in [2.24, 2.45) is 0 Å². The summed E-state index contributed by atoms with van der Waals surface area (Å²) in [5.74, 6) is -0.00843. The zero-order chi connectivity index (χ0) is 11.5. The molecule has 1 nitrogen and oxygen atoms in total. The van der Waals surface area contributed by atoms with Gasteiger partial charge in [0.2, 0.25) is 0 Å². The lowest BCUT2D eigenvalue weighted by molar-refractivity contribution is 0.0993. The SMILES string of the molecule is O=C(Cc1ccsc1)c1cccc(Cl)c1Cl. The van der Waals surface area contributed by atoms with Crippen molar-refractivity contribution >= 4 is 40.3 Å². The predicted octanol–water partition coefficient (Wildman–Crippen LogP) is 4.48. The van der Waals surface area contributed by atoms with Crippen LogP contribution in [0.5, 0.6) is 0 Å². The van der Waals surface area contributed by atoms with Crippen LogP contribution in [-0.2, 0) is 6.42 Å². The highest BCUT2D eigenvalue weighted by Crippen LogP contribution is 2.26. The first-order valence-electron chi connectivity index (χ1n) is 4.67. The van der Waals surface area contributed by atoms with Crippen LogP contribution < -0.4 is 0 Å². The van der Waals surface area contributed by atoms with Crippen molar-refractivity contribution in [3.05, 3.63) is 56.2 Å². The van der Waals surface area contributed by atoms with Crippen molar-refractivity contribution in [1.29, 1.82) is 0 Å². The maximum absolute atomic E-state index is 11.9. The van der Waals surface area contributed by atoms with E-state index in [4.69, 9.17) is 23.2 Å². The molecular formula is C12H8Cl2OS. The minimum Gasteiger partial charge on any atom is -0.294 e. The molecule has 0 fully saturated rings. The van der Waals surface area contributed by atoms with Gasteiger partial charge in [0.15, 0.2) is 5.78 Å². The van der Waals surface area contributed by atoms with E-state index in [0.717, 1.165) is 5.56 Å². The Morgan fingerprint density at radius 2 is 2.06 bits per heavy atom. The molecule has 0 N–H and O–H groups in total. The van der Waals surface area contributed by atoms with Crippen LogP contribution in [0.2, 0.25) is 10.0 Å². The number of halogens is 2. The lowest BCUT2D eigenvalue weighted by Crippen LogP contribution is -2.03. The Morgan fingerprint density at radius 1 is 1.25 bits per heavy atom. The zero-order valence-electron chi connectivity index (χ0n) is 8.24. The molecule has 1 aromatic carbocycles. The van der Waals surface area contributed by atoms with Gasteiger partial charge in [-0.15, -0.1) is 0 Å². The van der Waals surface area contributed by atoms with Crippen molar-refractivity contribution in [3.8, 4) is 0 Å². The van der Waals surface area contributed by atoms with Gasteiger partial charge < -0.3 is 0 Å². The van der Waals surface area contributed by atoms with E-state index < -0.39 is 0 Å². The molecule has 0 bridgehead atoms. The molecule has 82 valence electrons. The van der Waals surface area contributed by atoms with Crippen molar-refractivity contribution in [1.82, 2.24) is 0 Å². The molecule has 0 unspecified atom stereocenters. The summed E-state index contributed by atoms with van der Waals surface area (Å²) in [6.45, 7) is 0. The molecule has 0 aliphatic carbocycles. The van der Waals surface area contributed by atoms with E-state index >= 15 is 0 Å². The normalized spacial score (nSPS) is 10.4. The van der Waals surface area contributed by atoms with Gasteiger partial charge in [-0.3, -0.25) is 4.79 Å². The third-order valence-electron chi connectivity index (χ3n) is 2.20. The highest BCUT2D eigenvalue weighted by atomic mass is 35.5. The first-order valence-corrected chi connectivity index (χ1v) is 6.36. The highest BCUT2D eigenvalue weighted by Gasteiger charge is 2.13. The average molecular weight is 271 g/mol. The average Bonchev–Trinajstić information content (AvgIpc) is 2.74. The van der Waals surface area contributed by atoms with Crippen LogP contribution >= 0.6 is 34.5 Å². The number of rotatable bonds is 3. The Morgan fingerprint density at radius 3 is 2.75 bits per heavy atom. The van der Waals surface area contributed by atoms with Crippen LogP contribution in [-0.4, -0.2) is 5.78 Å². The molecule has 4 heteroatoms. The summed E-state index contributed by atoms with van der Waals surface area (Å²) in [5.41, 5.74) is 1.49. The van der Waals surface area contributed by atoms with Crippen LogP contribution in [0.25, 0.3) is 0 Å². The Kier molecular flexibility index (Phi) is 3.64. The third-order valence-corrected chi connectivity index (χ3v) is 3.75. The van der Waals surface area contributed by atoms with E-state index in [1.165, 1.54) is 0 Å². The topological polar surface area (TPSA) is 17.1 Å². The molecule has 1 aromatic heterocycles. The number of benzene rings is 1. The van der Waals surface area contributed by atoms with Gasteiger partial charge in [0.05, 0.1) is 10.0 Å². The first kappa shape index (κ1) is 11.6. The molecule has 0 aliphatic heterocycles. The zero-order valence-corrected chi connectivity index (χ0v) is 10.6. The third kappa shape index (κ3) is 2.46. The minimum absolute atomic E-state index is 0.00843. The van der Waals surface area contributed by atoms with Gasteiger partial charge in [0.25, 0.3) is 0 Å². The second-order valence-corrected chi connectivity index (χ2v) is 4.90. The summed E-state index contributed by atoms with van der Waals surface area (Å²) < 4.78 is 0. The summed E-state index contributed by atoms with van der Waals surface area (Å²) >= 11 is 13.4. The molecule has 0 saturated heterocycles. The van der Waals surface area contributed by atoms with Crippen molar-refractivity contribution < 1.29 is 4.79 Å². The molecule has 0 saturated carbocycles.